The first-order valence-electron chi connectivity index (χ1n) is 7.35. The van der Waals surface area contributed by atoms with Gasteiger partial charge in [-0.25, -0.2) is 0 Å². The molecule has 1 aliphatic rings. The zero-order valence-corrected chi connectivity index (χ0v) is 12.9. The molecule has 5 heteroatoms. The lowest BCUT2D eigenvalue weighted by molar-refractivity contribution is 0.102. The van der Waals surface area contributed by atoms with E-state index in [1.807, 2.05) is 18.2 Å². The predicted octanol–water partition coefficient (Wildman–Crippen LogP) is 3.77. The minimum absolute atomic E-state index is 0.176. The summed E-state index contributed by atoms with van der Waals surface area (Å²) in [5, 5.41) is 3.46. The second kappa shape index (κ2) is 6.28. The Labute approximate surface area is 134 Å². The molecular formula is C17H18ClN3O. The fourth-order valence-electron chi connectivity index (χ4n) is 2.68. The van der Waals surface area contributed by atoms with Gasteiger partial charge < -0.3 is 16.0 Å². The van der Waals surface area contributed by atoms with Crippen LogP contribution in [0.15, 0.2) is 42.5 Å². The van der Waals surface area contributed by atoms with E-state index in [4.69, 9.17) is 17.3 Å². The Morgan fingerprint density at radius 1 is 1.09 bits per heavy atom. The van der Waals surface area contributed by atoms with Crippen LogP contribution in [0.5, 0.6) is 0 Å². The molecule has 1 saturated heterocycles. The molecule has 1 aliphatic heterocycles. The second-order valence-electron chi connectivity index (χ2n) is 5.43. The van der Waals surface area contributed by atoms with E-state index in [0.717, 1.165) is 18.8 Å². The van der Waals surface area contributed by atoms with Gasteiger partial charge in [-0.3, -0.25) is 4.79 Å². The molecule has 1 heterocycles. The van der Waals surface area contributed by atoms with Crippen molar-refractivity contribution in [3.63, 3.8) is 0 Å². The van der Waals surface area contributed by atoms with Crippen molar-refractivity contribution in [2.24, 2.45) is 0 Å². The maximum atomic E-state index is 12.2. The Bertz CT molecular complexity index is 679. The number of halogens is 1. The Hall–Kier alpha value is -2.20. The molecule has 0 aliphatic carbocycles. The lowest BCUT2D eigenvalue weighted by Crippen LogP contribution is -2.19. The van der Waals surface area contributed by atoms with Crippen molar-refractivity contribution in [3.05, 3.63) is 53.1 Å². The highest BCUT2D eigenvalue weighted by Gasteiger charge is 2.15. The Morgan fingerprint density at radius 2 is 1.77 bits per heavy atom. The molecule has 22 heavy (non-hydrogen) atoms. The van der Waals surface area contributed by atoms with Crippen LogP contribution in [-0.4, -0.2) is 19.0 Å². The second-order valence-corrected chi connectivity index (χ2v) is 5.87. The van der Waals surface area contributed by atoms with Crippen molar-refractivity contribution >= 4 is 34.6 Å². The van der Waals surface area contributed by atoms with E-state index in [1.54, 1.807) is 24.3 Å². The van der Waals surface area contributed by atoms with Gasteiger partial charge in [0.25, 0.3) is 5.91 Å². The molecule has 1 amide bonds. The van der Waals surface area contributed by atoms with E-state index >= 15 is 0 Å². The molecule has 0 unspecified atom stereocenters. The molecule has 2 aromatic rings. The number of benzene rings is 2. The van der Waals surface area contributed by atoms with Crippen LogP contribution in [-0.2, 0) is 0 Å². The smallest absolute Gasteiger partial charge is 0.255 e. The average Bonchev–Trinajstić information content (AvgIpc) is 3.02. The molecule has 0 spiro atoms. The van der Waals surface area contributed by atoms with E-state index in [0.29, 0.717) is 22.0 Å². The lowest BCUT2D eigenvalue weighted by atomic mass is 10.2. The van der Waals surface area contributed by atoms with Crippen LogP contribution < -0.4 is 16.0 Å². The minimum atomic E-state index is -0.176. The molecule has 4 nitrogen and oxygen atoms in total. The monoisotopic (exact) mass is 315 g/mol. The quantitative estimate of drug-likeness (QED) is 0.848. The largest absolute Gasteiger partial charge is 0.397 e. The summed E-state index contributed by atoms with van der Waals surface area (Å²) in [7, 11) is 0. The number of carbonyl (C=O) groups is 1. The van der Waals surface area contributed by atoms with Crippen molar-refractivity contribution in [1.29, 1.82) is 0 Å². The number of amides is 1. The number of hydrogen-bond acceptors (Lipinski definition) is 3. The Morgan fingerprint density at radius 3 is 2.41 bits per heavy atom. The van der Waals surface area contributed by atoms with E-state index in [-0.39, 0.29) is 5.91 Å². The zero-order chi connectivity index (χ0) is 15.5. The summed E-state index contributed by atoms with van der Waals surface area (Å²) in [6, 6.07) is 12.4. The van der Waals surface area contributed by atoms with Crippen molar-refractivity contribution < 1.29 is 4.79 Å². The minimum Gasteiger partial charge on any atom is -0.397 e. The Kier molecular flexibility index (Phi) is 4.20. The fourth-order valence-corrected chi connectivity index (χ4v) is 2.81. The number of nitrogens with zero attached hydrogens (tertiary/aromatic N) is 1. The number of nitrogens with two attached hydrogens (primary N) is 1. The van der Waals surface area contributed by atoms with Crippen LogP contribution in [0, 0.1) is 0 Å². The summed E-state index contributed by atoms with van der Waals surface area (Å²) in [5.41, 5.74) is 9.12. The van der Waals surface area contributed by atoms with E-state index in [1.165, 1.54) is 12.8 Å². The number of nitrogen functional groups attached to an aromatic ring is 1. The topological polar surface area (TPSA) is 58.4 Å². The van der Waals surface area contributed by atoms with Crippen LogP contribution in [0.25, 0.3) is 0 Å². The zero-order valence-electron chi connectivity index (χ0n) is 12.2. The highest BCUT2D eigenvalue weighted by Crippen LogP contribution is 2.29. The third-order valence-electron chi connectivity index (χ3n) is 3.84. The van der Waals surface area contributed by atoms with E-state index < -0.39 is 0 Å². The van der Waals surface area contributed by atoms with Crippen LogP contribution in [0.2, 0.25) is 5.02 Å². The summed E-state index contributed by atoms with van der Waals surface area (Å²) < 4.78 is 0. The predicted molar refractivity (Wildman–Crippen MR) is 91.7 cm³/mol. The van der Waals surface area contributed by atoms with Gasteiger partial charge in [0.2, 0.25) is 0 Å². The van der Waals surface area contributed by atoms with Gasteiger partial charge in [0.1, 0.15) is 0 Å². The first-order valence-corrected chi connectivity index (χ1v) is 7.73. The number of hydrogen-bond donors (Lipinski definition) is 2. The number of rotatable bonds is 3. The van der Waals surface area contributed by atoms with Crippen molar-refractivity contribution in [3.8, 4) is 0 Å². The summed E-state index contributed by atoms with van der Waals surface area (Å²) in [6.45, 7) is 2.08. The van der Waals surface area contributed by atoms with Gasteiger partial charge in [-0.15, -0.1) is 0 Å². The molecular weight excluding hydrogens is 298 g/mol. The molecule has 1 fully saturated rings. The van der Waals surface area contributed by atoms with Gasteiger partial charge >= 0.3 is 0 Å². The summed E-state index contributed by atoms with van der Waals surface area (Å²) in [5.74, 6) is -0.176. The summed E-state index contributed by atoms with van der Waals surface area (Å²) >= 11 is 5.82. The summed E-state index contributed by atoms with van der Waals surface area (Å²) in [4.78, 5) is 14.5. The first-order chi connectivity index (χ1) is 10.6. The van der Waals surface area contributed by atoms with E-state index in [9.17, 15) is 4.79 Å². The Balaban J connectivity index is 1.73. The number of carbonyl (C=O) groups excluding carboxylic acids is 1. The molecule has 0 atom stereocenters. The highest BCUT2D eigenvalue weighted by atomic mass is 35.5. The molecule has 3 N–H and O–H groups in total. The fraction of sp³-hybridized carbons (Fsp3) is 0.235. The van der Waals surface area contributed by atoms with Gasteiger partial charge in [0, 0.05) is 29.4 Å². The lowest BCUT2D eigenvalue weighted by Gasteiger charge is -2.20. The van der Waals surface area contributed by atoms with Crippen LogP contribution in [0.4, 0.5) is 17.1 Å². The van der Waals surface area contributed by atoms with Crippen molar-refractivity contribution in [2.75, 3.05) is 29.0 Å². The van der Waals surface area contributed by atoms with Crippen LogP contribution in [0.3, 0.4) is 0 Å². The first kappa shape index (κ1) is 14.7. The standard InChI is InChI=1S/C17H18ClN3O/c18-13-5-3-12(4-6-13)17(22)20-14-7-8-16(15(19)11-14)21-9-1-2-10-21/h3-8,11H,1-2,9-10,19H2,(H,20,22). The van der Waals surface area contributed by atoms with Gasteiger partial charge in [0.05, 0.1) is 11.4 Å². The van der Waals surface area contributed by atoms with Crippen molar-refractivity contribution in [1.82, 2.24) is 0 Å². The molecule has 3 rings (SSSR count). The maximum absolute atomic E-state index is 12.2. The third kappa shape index (κ3) is 3.17. The molecule has 0 bridgehead atoms. The molecule has 114 valence electrons. The molecule has 0 radical (unpaired) electrons. The van der Waals surface area contributed by atoms with Crippen molar-refractivity contribution in [2.45, 2.75) is 12.8 Å². The van der Waals surface area contributed by atoms with Gasteiger partial charge in [-0.2, -0.15) is 0 Å². The third-order valence-corrected chi connectivity index (χ3v) is 4.09. The SMILES string of the molecule is Nc1cc(NC(=O)c2ccc(Cl)cc2)ccc1N1CCCC1. The van der Waals surface area contributed by atoms with Gasteiger partial charge in [-0.1, -0.05) is 11.6 Å². The van der Waals surface area contributed by atoms with Gasteiger partial charge in [-0.05, 0) is 55.3 Å². The highest BCUT2D eigenvalue weighted by molar-refractivity contribution is 6.30. The number of nitrogens with one attached hydrogen (secondary N) is 1. The average molecular weight is 316 g/mol. The van der Waals surface area contributed by atoms with Gasteiger partial charge in [0.15, 0.2) is 0 Å². The maximum Gasteiger partial charge on any atom is 0.255 e. The molecule has 0 aromatic heterocycles. The summed E-state index contributed by atoms with van der Waals surface area (Å²) in [6.07, 6.45) is 2.41. The van der Waals surface area contributed by atoms with E-state index in [2.05, 4.69) is 10.2 Å². The molecule has 0 saturated carbocycles. The van der Waals surface area contributed by atoms with Crippen LogP contribution in [0.1, 0.15) is 23.2 Å². The number of anilines is 3. The van der Waals surface area contributed by atoms with Crippen LogP contribution >= 0.6 is 11.6 Å². The molecule has 2 aromatic carbocycles. The normalized spacial score (nSPS) is 14.1.